The van der Waals surface area contributed by atoms with Crippen LogP contribution in [0.3, 0.4) is 0 Å². The van der Waals surface area contributed by atoms with Crippen molar-refractivity contribution in [3.05, 3.63) is 30.3 Å². The number of para-hydroxylation sites is 1. The number of carbonyl (C=O) groups excluding carboxylic acids is 1. The minimum absolute atomic E-state index is 0.173. The Morgan fingerprint density at radius 1 is 0.923 bits per heavy atom. The summed E-state index contributed by atoms with van der Waals surface area (Å²) in [5.74, 6) is 3.61. The summed E-state index contributed by atoms with van der Waals surface area (Å²) in [4.78, 5) is 17.7. The summed E-state index contributed by atoms with van der Waals surface area (Å²) in [5, 5.41) is 21.9. The number of rotatable bonds is 5. The molecule has 4 saturated carbocycles. The van der Waals surface area contributed by atoms with E-state index in [9.17, 15) is 15.0 Å². The Kier molecular flexibility index (Phi) is 7.54. The first-order chi connectivity index (χ1) is 18.7. The number of anilines is 1. The zero-order valence-corrected chi connectivity index (χ0v) is 24.6. The molecule has 1 aliphatic heterocycles. The number of benzene rings is 1. The van der Waals surface area contributed by atoms with Crippen molar-refractivity contribution >= 4 is 11.6 Å². The van der Waals surface area contributed by atoms with E-state index >= 15 is 0 Å². The van der Waals surface area contributed by atoms with Crippen LogP contribution in [0.4, 0.5) is 5.69 Å². The quantitative estimate of drug-likeness (QED) is 0.504. The molecule has 5 aliphatic rings. The van der Waals surface area contributed by atoms with Gasteiger partial charge in [0.1, 0.15) is 0 Å². The number of hydrogen-bond donors (Lipinski definition) is 2. The first-order valence-corrected chi connectivity index (χ1v) is 16.1. The maximum absolute atomic E-state index is 13.2. The monoisotopic (exact) mass is 536 g/mol. The second-order valence-corrected chi connectivity index (χ2v) is 14.7. The van der Waals surface area contributed by atoms with Gasteiger partial charge < -0.3 is 20.0 Å². The molecule has 1 saturated heterocycles. The van der Waals surface area contributed by atoms with Gasteiger partial charge >= 0.3 is 0 Å². The van der Waals surface area contributed by atoms with Gasteiger partial charge in [0.25, 0.3) is 0 Å². The predicted molar refractivity (Wildman–Crippen MR) is 156 cm³/mol. The van der Waals surface area contributed by atoms with Crippen LogP contribution in [0.2, 0.25) is 0 Å². The van der Waals surface area contributed by atoms with Crippen molar-refractivity contribution in [3.8, 4) is 0 Å². The van der Waals surface area contributed by atoms with Crippen LogP contribution in [0.25, 0.3) is 0 Å². The number of aliphatic hydroxyl groups is 2. The first kappa shape index (κ1) is 27.6. The van der Waals surface area contributed by atoms with E-state index in [-0.39, 0.29) is 23.0 Å². The van der Waals surface area contributed by atoms with Gasteiger partial charge in [-0.3, -0.25) is 4.79 Å². The normalized spacial score (nSPS) is 42.8. The summed E-state index contributed by atoms with van der Waals surface area (Å²) in [7, 11) is 0. The minimum atomic E-state index is -0.215. The van der Waals surface area contributed by atoms with Crippen LogP contribution in [0.5, 0.6) is 0 Å². The lowest BCUT2D eigenvalue weighted by atomic mass is 9.43. The van der Waals surface area contributed by atoms with E-state index in [2.05, 4.69) is 60.9 Å². The lowest BCUT2D eigenvalue weighted by Gasteiger charge is -2.62. The summed E-state index contributed by atoms with van der Waals surface area (Å²) in [6.07, 6.45) is 10.1. The van der Waals surface area contributed by atoms with E-state index < -0.39 is 0 Å². The number of piperazine rings is 1. The highest BCUT2D eigenvalue weighted by Crippen LogP contribution is 2.68. The summed E-state index contributed by atoms with van der Waals surface area (Å²) in [6.45, 7) is 10.9. The average Bonchev–Trinajstić information content (AvgIpc) is 3.30. The largest absolute Gasteiger partial charge is 0.393 e. The fourth-order valence-electron chi connectivity index (χ4n) is 10.7. The van der Waals surface area contributed by atoms with Gasteiger partial charge in [0.2, 0.25) is 5.91 Å². The van der Waals surface area contributed by atoms with E-state index in [1.165, 1.54) is 31.4 Å². The van der Waals surface area contributed by atoms with Gasteiger partial charge in [-0.2, -0.15) is 0 Å². The summed E-state index contributed by atoms with van der Waals surface area (Å²) >= 11 is 0. The number of fused-ring (bicyclic) bond motifs is 5. The van der Waals surface area contributed by atoms with Crippen molar-refractivity contribution in [1.29, 1.82) is 0 Å². The number of hydrogen-bond acceptors (Lipinski definition) is 4. The Bertz CT molecular complexity index is 1010. The molecule has 6 rings (SSSR count). The van der Waals surface area contributed by atoms with Crippen LogP contribution in [-0.2, 0) is 4.79 Å². The zero-order valence-electron chi connectivity index (χ0n) is 24.6. The Morgan fingerprint density at radius 2 is 1.62 bits per heavy atom. The molecule has 39 heavy (non-hydrogen) atoms. The highest BCUT2D eigenvalue weighted by molar-refractivity contribution is 5.76. The van der Waals surface area contributed by atoms with E-state index in [1.54, 1.807) is 0 Å². The van der Waals surface area contributed by atoms with Crippen molar-refractivity contribution in [2.24, 2.45) is 46.3 Å². The molecular weight excluding hydrogens is 484 g/mol. The second kappa shape index (κ2) is 10.7. The predicted octanol–water partition coefficient (Wildman–Crippen LogP) is 5.74. The molecule has 0 unspecified atom stereocenters. The van der Waals surface area contributed by atoms with Crippen LogP contribution < -0.4 is 4.90 Å². The van der Waals surface area contributed by atoms with E-state index in [0.29, 0.717) is 47.8 Å². The SMILES string of the molecule is C[C@H](CCC(=O)N1CCN(c2ccccc2)CC1)[C@@H]1CC[C@@H]2[C@H]3[C@@H](CC[C@@]21C)[C@@]1(C)CC[C@@H](O)C[C@@H]1C[C@@H]3O. The third kappa shape index (κ3) is 4.84. The van der Waals surface area contributed by atoms with Crippen LogP contribution in [-0.4, -0.2) is 59.4 Å². The molecule has 5 fully saturated rings. The third-order valence-electron chi connectivity index (χ3n) is 13.0. The topological polar surface area (TPSA) is 64.0 Å². The fraction of sp³-hybridized carbons (Fsp3) is 0.794. The van der Waals surface area contributed by atoms with Gasteiger partial charge in [-0.05, 0) is 116 Å². The maximum atomic E-state index is 13.2. The molecule has 2 N–H and O–H groups in total. The molecule has 1 heterocycles. The number of amides is 1. The van der Waals surface area contributed by atoms with E-state index in [0.717, 1.165) is 58.3 Å². The Labute approximate surface area is 236 Å². The third-order valence-corrected chi connectivity index (χ3v) is 13.0. The molecular formula is C34H52N2O3. The van der Waals surface area contributed by atoms with Crippen LogP contribution >= 0.6 is 0 Å². The molecule has 0 radical (unpaired) electrons. The maximum Gasteiger partial charge on any atom is 0.222 e. The van der Waals surface area contributed by atoms with Gasteiger partial charge in [0, 0.05) is 38.3 Å². The number of nitrogens with zero attached hydrogens (tertiary/aromatic N) is 2. The van der Waals surface area contributed by atoms with Gasteiger partial charge in [-0.15, -0.1) is 0 Å². The van der Waals surface area contributed by atoms with Gasteiger partial charge in [0.05, 0.1) is 12.2 Å². The Hall–Kier alpha value is -1.59. The van der Waals surface area contributed by atoms with Gasteiger partial charge in [0.15, 0.2) is 0 Å². The Morgan fingerprint density at radius 3 is 2.36 bits per heavy atom. The van der Waals surface area contributed by atoms with E-state index in [4.69, 9.17) is 0 Å². The summed E-state index contributed by atoms with van der Waals surface area (Å²) in [5.41, 5.74) is 1.82. The van der Waals surface area contributed by atoms with Crippen molar-refractivity contribution in [2.75, 3.05) is 31.1 Å². The van der Waals surface area contributed by atoms with Crippen molar-refractivity contribution in [3.63, 3.8) is 0 Å². The molecule has 5 nitrogen and oxygen atoms in total. The van der Waals surface area contributed by atoms with Crippen LogP contribution in [0, 0.1) is 46.3 Å². The Balaban J connectivity index is 1.05. The molecule has 0 spiro atoms. The molecule has 216 valence electrons. The second-order valence-electron chi connectivity index (χ2n) is 14.7. The van der Waals surface area contributed by atoms with Crippen molar-refractivity contribution < 1.29 is 15.0 Å². The van der Waals surface area contributed by atoms with Crippen molar-refractivity contribution in [1.82, 2.24) is 4.90 Å². The molecule has 1 aromatic rings. The molecule has 10 atom stereocenters. The smallest absolute Gasteiger partial charge is 0.222 e. The molecule has 5 heteroatoms. The highest BCUT2D eigenvalue weighted by atomic mass is 16.3. The minimum Gasteiger partial charge on any atom is -0.393 e. The van der Waals surface area contributed by atoms with Gasteiger partial charge in [-0.1, -0.05) is 39.0 Å². The summed E-state index contributed by atoms with van der Waals surface area (Å²) in [6, 6.07) is 10.5. The number of carbonyl (C=O) groups is 1. The average molecular weight is 537 g/mol. The summed E-state index contributed by atoms with van der Waals surface area (Å²) < 4.78 is 0. The van der Waals surface area contributed by atoms with E-state index in [1.807, 2.05) is 0 Å². The van der Waals surface area contributed by atoms with Gasteiger partial charge in [-0.25, -0.2) is 0 Å². The molecule has 1 amide bonds. The molecule has 0 aromatic heterocycles. The highest BCUT2D eigenvalue weighted by Gasteiger charge is 2.62. The zero-order chi connectivity index (χ0) is 27.4. The molecule has 0 bridgehead atoms. The lowest BCUT2D eigenvalue weighted by Crippen LogP contribution is -2.58. The number of aliphatic hydroxyl groups excluding tert-OH is 2. The fourth-order valence-corrected chi connectivity index (χ4v) is 10.7. The first-order valence-electron chi connectivity index (χ1n) is 16.1. The molecule has 1 aromatic carbocycles. The molecule has 4 aliphatic carbocycles. The van der Waals surface area contributed by atoms with Crippen LogP contribution in [0.15, 0.2) is 30.3 Å². The lowest BCUT2D eigenvalue weighted by molar-refractivity contribution is -0.174. The van der Waals surface area contributed by atoms with Crippen LogP contribution in [0.1, 0.15) is 85.0 Å². The van der Waals surface area contributed by atoms with Crippen molar-refractivity contribution in [2.45, 2.75) is 97.2 Å². The standard InChI is InChI=1S/C34H52N2O3/c1-23(9-12-31(39)36-19-17-35(18-20-36)25-7-5-4-6-8-25)27-10-11-28-32-29(14-16-34(27,28)3)33(2)15-13-26(37)21-24(33)22-30(32)38/h4-8,23-24,26-30,32,37-38H,9-22H2,1-3H3/t23-,24-,26-,27+,28-,29-,30+,32+,33+,34-/m1/s1.